The normalized spacial score (nSPS) is 24.4. The van der Waals surface area contributed by atoms with Crippen LogP contribution in [0.15, 0.2) is 24.3 Å². The SMILES string of the molecule is CCOc1ccccc1C(NN)C1SCCSC1CC. The summed E-state index contributed by atoms with van der Waals surface area (Å²) in [6.45, 7) is 4.96. The zero-order valence-corrected chi connectivity index (χ0v) is 13.8. The van der Waals surface area contributed by atoms with Crippen molar-refractivity contribution in [2.75, 3.05) is 18.1 Å². The predicted octanol–water partition coefficient (Wildman–Crippen LogP) is 3.22. The third-order valence-corrected chi connectivity index (χ3v) is 6.91. The second-order valence-corrected chi connectivity index (χ2v) is 7.40. The van der Waals surface area contributed by atoms with Gasteiger partial charge in [-0.3, -0.25) is 11.3 Å². The molecule has 1 heterocycles. The first-order chi connectivity index (χ1) is 9.81. The molecule has 0 radical (unpaired) electrons. The Hall–Kier alpha value is -0.360. The molecule has 3 nitrogen and oxygen atoms in total. The van der Waals surface area contributed by atoms with Crippen LogP contribution in [0.4, 0.5) is 0 Å². The van der Waals surface area contributed by atoms with Gasteiger partial charge in [0, 0.05) is 27.6 Å². The Morgan fingerprint density at radius 3 is 2.75 bits per heavy atom. The molecule has 20 heavy (non-hydrogen) atoms. The lowest BCUT2D eigenvalue weighted by molar-refractivity contribution is 0.330. The van der Waals surface area contributed by atoms with Crippen LogP contribution in [-0.4, -0.2) is 28.6 Å². The summed E-state index contributed by atoms with van der Waals surface area (Å²) in [6.07, 6.45) is 1.18. The Balaban J connectivity index is 2.26. The second-order valence-electron chi connectivity index (χ2n) is 4.77. The van der Waals surface area contributed by atoms with E-state index in [9.17, 15) is 0 Å². The minimum Gasteiger partial charge on any atom is -0.494 e. The van der Waals surface area contributed by atoms with Gasteiger partial charge in [-0.05, 0) is 19.4 Å². The fourth-order valence-corrected chi connectivity index (χ4v) is 5.86. The van der Waals surface area contributed by atoms with Crippen molar-refractivity contribution in [3.8, 4) is 5.75 Å². The van der Waals surface area contributed by atoms with Gasteiger partial charge < -0.3 is 4.74 Å². The Kier molecular flexibility index (Phi) is 6.55. The van der Waals surface area contributed by atoms with Gasteiger partial charge in [0.2, 0.25) is 0 Å². The summed E-state index contributed by atoms with van der Waals surface area (Å²) < 4.78 is 5.77. The third kappa shape index (κ3) is 3.64. The fraction of sp³-hybridized carbons (Fsp3) is 0.600. The molecule has 1 aromatic carbocycles. The van der Waals surface area contributed by atoms with Crippen molar-refractivity contribution < 1.29 is 4.74 Å². The Bertz CT molecular complexity index is 417. The predicted molar refractivity (Wildman–Crippen MR) is 90.5 cm³/mol. The lowest BCUT2D eigenvalue weighted by Gasteiger charge is -2.36. The van der Waals surface area contributed by atoms with Gasteiger partial charge >= 0.3 is 0 Å². The minimum absolute atomic E-state index is 0.139. The summed E-state index contributed by atoms with van der Waals surface area (Å²) >= 11 is 4.10. The molecule has 0 saturated carbocycles. The molecule has 5 heteroatoms. The third-order valence-electron chi connectivity index (χ3n) is 3.56. The molecule has 1 aliphatic rings. The van der Waals surface area contributed by atoms with Crippen LogP contribution in [0.3, 0.4) is 0 Å². The van der Waals surface area contributed by atoms with Crippen molar-refractivity contribution in [2.24, 2.45) is 5.84 Å². The average molecular weight is 313 g/mol. The summed E-state index contributed by atoms with van der Waals surface area (Å²) in [7, 11) is 0. The molecule has 1 aromatic rings. The highest BCUT2D eigenvalue weighted by atomic mass is 32.2. The first-order valence-corrected chi connectivity index (χ1v) is 9.32. The van der Waals surface area contributed by atoms with E-state index < -0.39 is 0 Å². The van der Waals surface area contributed by atoms with E-state index >= 15 is 0 Å². The first-order valence-electron chi connectivity index (χ1n) is 7.22. The summed E-state index contributed by atoms with van der Waals surface area (Å²) in [5.41, 5.74) is 4.21. The van der Waals surface area contributed by atoms with Crippen LogP contribution in [-0.2, 0) is 0 Å². The summed E-state index contributed by atoms with van der Waals surface area (Å²) in [4.78, 5) is 0. The lowest BCUT2D eigenvalue weighted by atomic mass is 10.00. The van der Waals surface area contributed by atoms with Gasteiger partial charge in [0.05, 0.1) is 12.6 Å². The molecule has 3 atom stereocenters. The maximum Gasteiger partial charge on any atom is 0.124 e. The molecule has 0 amide bonds. The van der Waals surface area contributed by atoms with E-state index in [0.717, 1.165) is 5.75 Å². The first kappa shape index (κ1) is 16.0. The van der Waals surface area contributed by atoms with Crippen molar-refractivity contribution in [3.05, 3.63) is 29.8 Å². The molecule has 3 unspecified atom stereocenters. The highest BCUT2D eigenvalue weighted by Gasteiger charge is 2.33. The van der Waals surface area contributed by atoms with Crippen LogP contribution in [0.2, 0.25) is 0 Å². The van der Waals surface area contributed by atoms with Crippen LogP contribution in [0.1, 0.15) is 31.9 Å². The largest absolute Gasteiger partial charge is 0.494 e. The monoisotopic (exact) mass is 312 g/mol. The Labute approximate surface area is 130 Å². The van der Waals surface area contributed by atoms with Crippen molar-refractivity contribution in [1.29, 1.82) is 0 Å². The number of nitrogens with one attached hydrogen (secondary N) is 1. The average Bonchev–Trinajstić information content (AvgIpc) is 2.50. The maximum absolute atomic E-state index is 5.89. The highest BCUT2D eigenvalue weighted by Crippen LogP contribution is 2.41. The molecule has 3 N–H and O–H groups in total. The van der Waals surface area contributed by atoms with Crippen molar-refractivity contribution >= 4 is 23.5 Å². The van der Waals surface area contributed by atoms with Gasteiger partial charge in [-0.2, -0.15) is 23.5 Å². The second kappa shape index (κ2) is 8.17. The zero-order valence-electron chi connectivity index (χ0n) is 12.2. The van der Waals surface area contributed by atoms with Crippen LogP contribution >= 0.6 is 23.5 Å². The molecule has 1 fully saturated rings. The molecule has 0 aromatic heterocycles. The fourth-order valence-electron chi connectivity index (χ4n) is 2.63. The van der Waals surface area contributed by atoms with Crippen molar-refractivity contribution in [1.82, 2.24) is 5.43 Å². The standard InChI is InChI=1S/C15H24N2OS2/c1-3-13-15(20-10-9-19-13)14(17-16)11-7-5-6-8-12(11)18-4-2/h5-8,13-15,17H,3-4,9-10,16H2,1-2H3. The van der Waals surface area contributed by atoms with Crippen LogP contribution in [0.25, 0.3) is 0 Å². The molecule has 1 saturated heterocycles. The number of hydrogen-bond acceptors (Lipinski definition) is 5. The maximum atomic E-state index is 5.89. The van der Waals surface area contributed by atoms with Crippen LogP contribution in [0, 0.1) is 0 Å². The van der Waals surface area contributed by atoms with E-state index in [4.69, 9.17) is 10.6 Å². The highest BCUT2D eigenvalue weighted by molar-refractivity contribution is 8.07. The number of para-hydroxylation sites is 1. The van der Waals surface area contributed by atoms with Crippen LogP contribution < -0.4 is 16.0 Å². The minimum atomic E-state index is 0.139. The van der Waals surface area contributed by atoms with Gasteiger partial charge in [0.25, 0.3) is 0 Å². The smallest absolute Gasteiger partial charge is 0.124 e. The van der Waals surface area contributed by atoms with Crippen LogP contribution in [0.5, 0.6) is 5.75 Å². The number of benzene rings is 1. The van der Waals surface area contributed by atoms with Gasteiger partial charge in [-0.1, -0.05) is 25.1 Å². The Morgan fingerprint density at radius 2 is 2.05 bits per heavy atom. The molecule has 0 bridgehead atoms. The summed E-state index contributed by atoms with van der Waals surface area (Å²) in [6, 6.07) is 8.37. The molecular weight excluding hydrogens is 288 g/mol. The van der Waals surface area contributed by atoms with Gasteiger partial charge in [0.15, 0.2) is 0 Å². The zero-order chi connectivity index (χ0) is 14.4. The quantitative estimate of drug-likeness (QED) is 0.624. The molecule has 0 spiro atoms. The topological polar surface area (TPSA) is 47.3 Å². The Morgan fingerprint density at radius 1 is 1.30 bits per heavy atom. The van der Waals surface area contributed by atoms with Crippen molar-refractivity contribution in [2.45, 2.75) is 36.8 Å². The number of hydrazine groups is 1. The van der Waals surface area contributed by atoms with E-state index in [0.29, 0.717) is 17.1 Å². The summed E-state index contributed by atoms with van der Waals surface area (Å²) in [5, 5.41) is 1.13. The van der Waals surface area contributed by atoms with E-state index in [1.54, 1.807) is 0 Å². The molecule has 1 aliphatic heterocycles. The lowest BCUT2D eigenvalue weighted by Crippen LogP contribution is -2.41. The van der Waals surface area contributed by atoms with Gasteiger partial charge in [-0.15, -0.1) is 0 Å². The van der Waals surface area contributed by atoms with Gasteiger partial charge in [-0.25, -0.2) is 0 Å². The van der Waals surface area contributed by atoms with E-state index in [-0.39, 0.29) is 6.04 Å². The van der Waals surface area contributed by atoms with Gasteiger partial charge in [0.1, 0.15) is 5.75 Å². The summed E-state index contributed by atoms with van der Waals surface area (Å²) in [5.74, 6) is 9.27. The number of ether oxygens (including phenoxy) is 1. The number of thioether (sulfide) groups is 2. The number of hydrogen-bond donors (Lipinski definition) is 2. The molecular formula is C15H24N2OS2. The van der Waals surface area contributed by atoms with E-state index in [2.05, 4.69) is 36.2 Å². The molecule has 2 rings (SSSR count). The van der Waals surface area contributed by atoms with E-state index in [1.807, 2.05) is 30.8 Å². The number of nitrogens with two attached hydrogens (primary N) is 1. The van der Waals surface area contributed by atoms with Crippen molar-refractivity contribution in [3.63, 3.8) is 0 Å². The number of rotatable bonds is 6. The molecule has 112 valence electrons. The molecule has 0 aliphatic carbocycles. The van der Waals surface area contributed by atoms with E-state index in [1.165, 1.54) is 23.5 Å².